The minimum atomic E-state index is 0.578. The highest BCUT2D eigenvalue weighted by atomic mass is 16.5. The van der Waals surface area contributed by atoms with Gasteiger partial charge in [-0.1, -0.05) is 11.6 Å². The average Bonchev–Trinajstić information content (AvgIpc) is 3.30. The lowest BCUT2D eigenvalue weighted by Crippen LogP contribution is -2.52. The summed E-state index contributed by atoms with van der Waals surface area (Å²) in [4.78, 5) is 9.62. The molecule has 0 aliphatic carbocycles. The van der Waals surface area contributed by atoms with Crippen LogP contribution in [0.15, 0.2) is 21.8 Å². The molecule has 0 atom stereocenters. The zero-order chi connectivity index (χ0) is 19.2. The Labute approximate surface area is 165 Å². The van der Waals surface area contributed by atoms with Gasteiger partial charge in [-0.25, -0.2) is 4.99 Å². The van der Waals surface area contributed by atoms with Crippen LogP contribution in [0.3, 0.4) is 0 Å². The van der Waals surface area contributed by atoms with E-state index >= 15 is 0 Å². The lowest BCUT2D eigenvalue weighted by molar-refractivity contribution is 0.169. The van der Waals surface area contributed by atoms with Crippen molar-refractivity contribution in [2.24, 2.45) is 4.99 Å². The first-order valence-corrected chi connectivity index (χ1v) is 10.4. The number of rotatable bonds is 5. The van der Waals surface area contributed by atoms with Gasteiger partial charge in [-0.3, -0.25) is 4.90 Å². The Bertz CT molecular complexity index is 761. The molecule has 4 heterocycles. The number of guanidine groups is 1. The maximum absolute atomic E-state index is 4.93. The topological polar surface area (TPSA) is 87.6 Å². The first kappa shape index (κ1) is 18.9. The SMILES string of the molecule is CCNC(=NCc1nnc2n1CCCCC2)N1CCN(Cc2ccon2)CC1. The van der Waals surface area contributed by atoms with Gasteiger partial charge >= 0.3 is 0 Å². The highest BCUT2D eigenvalue weighted by Crippen LogP contribution is 2.15. The van der Waals surface area contributed by atoms with Gasteiger partial charge in [0.1, 0.15) is 18.6 Å². The fourth-order valence-electron chi connectivity index (χ4n) is 3.90. The van der Waals surface area contributed by atoms with Crippen LogP contribution in [-0.2, 0) is 26.1 Å². The molecule has 0 amide bonds. The van der Waals surface area contributed by atoms with Gasteiger partial charge in [0.25, 0.3) is 0 Å². The molecule has 2 aromatic heterocycles. The summed E-state index contributed by atoms with van der Waals surface area (Å²) in [5.74, 6) is 3.07. The van der Waals surface area contributed by atoms with Crippen LogP contribution in [0, 0.1) is 0 Å². The van der Waals surface area contributed by atoms with Gasteiger partial charge in [0.15, 0.2) is 11.8 Å². The molecular weight excluding hydrogens is 356 g/mol. The quantitative estimate of drug-likeness (QED) is 0.612. The molecule has 9 nitrogen and oxygen atoms in total. The molecule has 0 aromatic carbocycles. The molecule has 152 valence electrons. The summed E-state index contributed by atoms with van der Waals surface area (Å²) in [6.45, 7) is 9.26. The first-order valence-electron chi connectivity index (χ1n) is 10.4. The number of piperazine rings is 1. The molecule has 0 spiro atoms. The summed E-state index contributed by atoms with van der Waals surface area (Å²) in [6.07, 6.45) is 6.35. The van der Waals surface area contributed by atoms with E-state index in [0.717, 1.165) is 75.5 Å². The van der Waals surface area contributed by atoms with Crippen LogP contribution < -0.4 is 5.32 Å². The zero-order valence-corrected chi connectivity index (χ0v) is 16.7. The van der Waals surface area contributed by atoms with E-state index in [2.05, 4.69) is 42.0 Å². The van der Waals surface area contributed by atoms with E-state index in [1.54, 1.807) is 6.26 Å². The third-order valence-electron chi connectivity index (χ3n) is 5.44. The summed E-state index contributed by atoms with van der Waals surface area (Å²) in [5, 5.41) is 16.2. The number of nitrogens with one attached hydrogen (secondary N) is 1. The predicted molar refractivity (Wildman–Crippen MR) is 106 cm³/mol. The second kappa shape index (κ2) is 9.18. The minimum Gasteiger partial charge on any atom is -0.364 e. The van der Waals surface area contributed by atoms with E-state index in [-0.39, 0.29) is 0 Å². The van der Waals surface area contributed by atoms with Gasteiger partial charge in [-0.15, -0.1) is 10.2 Å². The molecule has 0 radical (unpaired) electrons. The number of nitrogens with zero attached hydrogens (tertiary/aromatic N) is 7. The highest BCUT2D eigenvalue weighted by molar-refractivity contribution is 5.80. The van der Waals surface area contributed by atoms with E-state index in [0.29, 0.717) is 6.54 Å². The van der Waals surface area contributed by atoms with E-state index in [9.17, 15) is 0 Å². The number of hydrogen-bond acceptors (Lipinski definition) is 6. The predicted octanol–water partition coefficient (Wildman–Crippen LogP) is 1.28. The summed E-state index contributed by atoms with van der Waals surface area (Å²) in [7, 11) is 0. The standard InChI is InChI=1S/C19H30N8O/c1-2-20-19(21-14-18-23-22-17-6-4-3-5-8-27(17)18)26-11-9-25(10-12-26)15-16-7-13-28-24-16/h7,13H,2-6,8-12,14-15H2,1H3,(H,20,21). The summed E-state index contributed by atoms with van der Waals surface area (Å²) < 4.78 is 7.21. The highest BCUT2D eigenvalue weighted by Gasteiger charge is 2.21. The third-order valence-corrected chi connectivity index (χ3v) is 5.44. The Morgan fingerprint density at radius 2 is 2.04 bits per heavy atom. The van der Waals surface area contributed by atoms with Crippen molar-refractivity contribution in [3.63, 3.8) is 0 Å². The monoisotopic (exact) mass is 386 g/mol. The minimum absolute atomic E-state index is 0.578. The number of aromatic nitrogens is 4. The molecule has 0 unspecified atom stereocenters. The molecule has 4 rings (SSSR count). The van der Waals surface area contributed by atoms with Crippen molar-refractivity contribution in [2.45, 2.75) is 52.2 Å². The molecule has 2 aliphatic heterocycles. The van der Waals surface area contributed by atoms with Crippen molar-refractivity contribution >= 4 is 5.96 Å². The lowest BCUT2D eigenvalue weighted by atomic mass is 10.2. The van der Waals surface area contributed by atoms with Crippen molar-refractivity contribution in [2.75, 3.05) is 32.7 Å². The molecule has 1 N–H and O–H groups in total. The maximum Gasteiger partial charge on any atom is 0.194 e. The van der Waals surface area contributed by atoms with Crippen molar-refractivity contribution in [1.29, 1.82) is 0 Å². The molecule has 0 bridgehead atoms. The lowest BCUT2D eigenvalue weighted by Gasteiger charge is -2.36. The molecule has 9 heteroatoms. The van der Waals surface area contributed by atoms with Crippen molar-refractivity contribution in [3.05, 3.63) is 29.7 Å². The van der Waals surface area contributed by atoms with Crippen LogP contribution in [0.1, 0.15) is 43.5 Å². The Kier molecular flexibility index (Phi) is 6.20. The summed E-state index contributed by atoms with van der Waals surface area (Å²) >= 11 is 0. The Hall–Kier alpha value is -2.42. The second-order valence-electron chi connectivity index (χ2n) is 7.42. The Morgan fingerprint density at radius 1 is 1.14 bits per heavy atom. The van der Waals surface area contributed by atoms with Gasteiger partial charge in [-0.05, 0) is 19.8 Å². The van der Waals surface area contributed by atoms with E-state index in [4.69, 9.17) is 9.52 Å². The molecule has 0 saturated carbocycles. The molecule has 2 aromatic rings. The van der Waals surface area contributed by atoms with E-state index in [1.165, 1.54) is 19.3 Å². The van der Waals surface area contributed by atoms with E-state index < -0.39 is 0 Å². The smallest absolute Gasteiger partial charge is 0.194 e. The van der Waals surface area contributed by atoms with Crippen LogP contribution in [0.25, 0.3) is 0 Å². The Morgan fingerprint density at radius 3 is 2.82 bits per heavy atom. The van der Waals surface area contributed by atoms with Gasteiger partial charge in [0.2, 0.25) is 0 Å². The van der Waals surface area contributed by atoms with Crippen LogP contribution in [0.2, 0.25) is 0 Å². The fraction of sp³-hybridized carbons (Fsp3) is 0.684. The Balaban J connectivity index is 1.37. The van der Waals surface area contributed by atoms with Crippen molar-refractivity contribution in [1.82, 2.24) is 35.0 Å². The van der Waals surface area contributed by atoms with Crippen LogP contribution in [0.5, 0.6) is 0 Å². The third kappa shape index (κ3) is 4.52. The van der Waals surface area contributed by atoms with Crippen LogP contribution >= 0.6 is 0 Å². The number of aliphatic imine (C=N–C) groups is 1. The second-order valence-corrected chi connectivity index (χ2v) is 7.42. The number of hydrogen-bond donors (Lipinski definition) is 1. The summed E-state index contributed by atoms with van der Waals surface area (Å²) in [5.41, 5.74) is 0.988. The average molecular weight is 387 g/mol. The zero-order valence-electron chi connectivity index (χ0n) is 16.7. The molecule has 1 fully saturated rings. The number of aryl methyl sites for hydroxylation is 1. The molecule has 2 aliphatic rings. The largest absolute Gasteiger partial charge is 0.364 e. The van der Waals surface area contributed by atoms with E-state index in [1.807, 2.05) is 6.07 Å². The normalized spacial score (nSPS) is 18.8. The molecular formula is C19H30N8O. The number of fused-ring (bicyclic) bond motifs is 1. The van der Waals surface area contributed by atoms with Crippen molar-refractivity contribution in [3.8, 4) is 0 Å². The van der Waals surface area contributed by atoms with Gasteiger partial charge < -0.3 is 19.3 Å². The van der Waals surface area contributed by atoms with Gasteiger partial charge in [0, 0.05) is 58.3 Å². The molecule has 28 heavy (non-hydrogen) atoms. The van der Waals surface area contributed by atoms with Crippen LogP contribution in [0.4, 0.5) is 0 Å². The maximum atomic E-state index is 4.93. The molecule has 1 saturated heterocycles. The van der Waals surface area contributed by atoms with Crippen LogP contribution in [-0.4, -0.2) is 68.4 Å². The first-order chi connectivity index (χ1) is 13.8. The fourth-order valence-corrected chi connectivity index (χ4v) is 3.90. The van der Waals surface area contributed by atoms with Gasteiger partial charge in [0.05, 0.1) is 5.69 Å². The van der Waals surface area contributed by atoms with Crippen molar-refractivity contribution < 1.29 is 4.52 Å². The van der Waals surface area contributed by atoms with Gasteiger partial charge in [-0.2, -0.15) is 0 Å². The summed E-state index contributed by atoms with van der Waals surface area (Å²) in [6, 6.07) is 1.93.